The van der Waals surface area contributed by atoms with E-state index in [2.05, 4.69) is 15.6 Å². The molecule has 1 aromatic heterocycles. The Morgan fingerprint density at radius 3 is 2.76 bits per heavy atom. The Labute approximate surface area is 216 Å². The van der Waals surface area contributed by atoms with E-state index in [0.29, 0.717) is 6.54 Å². The number of aromatic amines is 1. The molecule has 2 amide bonds. The fraction of sp³-hybridized carbons (Fsp3) is 0.483. The number of aromatic nitrogens is 2. The van der Waals surface area contributed by atoms with E-state index in [4.69, 9.17) is 9.72 Å². The van der Waals surface area contributed by atoms with Gasteiger partial charge >= 0.3 is 0 Å². The van der Waals surface area contributed by atoms with Crippen molar-refractivity contribution < 1.29 is 18.7 Å². The molecule has 3 aromatic rings. The number of fused-ring (bicyclic) bond motifs is 2. The third-order valence-electron chi connectivity index (χ3n) is 8.25. The third kappa shape index (κ3) is 4.63. The summed E-state index contributed by atoms with van der Waals surface area (Å²) < 4.78 is 19.5. The molecule has 5 rings (SSSR count). The number of nitrogens with one attached hydrogen (secondary N) is 3. The zero-order valence-electron chi connectivity index (χ0n) is 21.9. The fourth-order valence-electron chi connectivity index (χ4n) is 5.91. The van der Waals surface area contributed by atoms with Gasteiger partial charge in [-0.1, -0.05) is 12.1 Å². The molecule has 196 valence electrons. The monoisotopic (exact) mass is 506 g/mol. The van der Waals surface area contributed by atoms with Crippen molar-refractivity contribution in [3.8, 4) is 0 Å². The summed E-state index contributed by atoms with van der Waals surface area (Å²) in [7, 11) is 1.56. The molecular formula is C29H35FN4O3. The zero-order chi connectivity index (χ0) is 26.4. The number of imidazole rings is 1. The van der Waals surface area contributed by atoms with Crippen molar-refractivity contribution in [2.45, 2.75) is 63.8 Å². The second-order valence-electron chi connectivity index (χ2n) is 10.9. The highest BCUT2D eigenvalue weighted by molar-refractivity contribution is 5.93. The van der Waals surface area contributed by atoms with Crippen LogP contribution in [0.25, 0.3) is 11.0 Å². The Morgan fingerprint density at radius 2 is 2.05 bits per heavy atom. The van der Waals surface area contributed by atoms with Crippen LogP contribution in [0.4, 0.5) is 4.39 Å². The van der Waals surface area contributed by atoms with Crippen LogP contribution in [-0.4, -0.2) is 48.1 Å². The predicted octanol–water partition coefficient (Wildman–Crippen LogP) is 3.91. The first-order chi connectivity index (χ1) is 17.7. The second kappa shape index (κ2) is 9.56. The molecule has 2 aromatic carbocycles. The van der Waals surface area contributed by atoms with Crippen molar-refractivity contribution in [1.82, 2.24) is 20.6 Å². The van der Waals surface area contributed by atoms with Crippen molar-refractivity contribution >= 4 is 22.8 Å². The van der Waals surface area contributed by atoms with Crippen LogP contribution in [0, 0.1) is 11.2 Å². The van der Waals surface area contributed by atoms with E-state index < -0.39 is 11.5 Å². The average Bonchev–Trinajstić information content (AvgIpc) is 3.42. The highest BCUT2D eigenvalue weighted by atomic mass is 19.1. The van der Waals surface area contributed by atoms with Gasteiger partial charge in [0.25, 0.3) is 0 Å². The lowest BCUT2D eigenvalue weighted by Gasteiger charge is -2.29. The van der Waals surface area contributed by atoms with Gasteiger partial charge in [-0.15, -0.1) is 0 Å². The summed E-state index contributed by atoms with van der Waals surface area (Å²) in [5, 5.41) is 5.56. The highest BCUT2D eigenvalue weighted by Gasteiger charge is 2.54. The van der Waals surface area contributed by atoms with Crippen molar-refractivity contribution in [3.63, 3.8) is 0 Å². The number of ether oxygens (including phenoxy) is 1. The van der Waals surface area contributed by atoms with Gasteiger partial charge in [0.05, 0.1) is 23.1 Å². The summed E-state index contributed by atoms with van der Waals surface area (Å²) in [6.07, 6.45) is 4.06. The van der Waals surface area contributed by atoms with Gasteiger partial charge < -0.3 is 20.4 Å². The number of halogens is 1. The van der Waals surface area contributed by atoms with E-state index in [1.54, 1.807) is 26.2 Å². The highest BCUT2D eigenvalue weighted by Crippen LogP contribution is 2.63. The van der Waals surface area contributed by atoms with Crippen LogP contribution in [0.15, 0.2) is 36.4 Å². The number of likely N-dealkylation sites (N-methyl/N-ethyl adjacent to an activating group) is 1. The normalized spacial score (nSPS) is 19.9. The van der Waals surface area contributed by atoms with Crippen LogP contribution in [0.2, 0.25) is 0 Å². The van der Waals surface area contributed by atoms with Gasteiger partial charge in [-0.2, -0.15) is 0 Å². The molecule has 1 heterocycles. The van der Waals surface area contributed by atoms with Gasteiger partial charge in [0, 0.05) is 20.1 Å². The number of nitrogens with zero attached hydrogens (tertiary/aromatic N) is 1. The van der Waals surface area contributed by atoms with E-state index in [-0.39, 0.29) is 35.6 Å². The SMILES string of the molecule is CCNC(=O)[C@@H](C)NC(=O)C(C)(COC)c1ccc2nc(C[C@H]3c4cc(F)ccc4CC34CC4)[nH]c2c1. The van der Waals surface area contributed by atoms with E-state index in [9.17, 15) is 14.0 Å². The summed E-state index contributed by atoms with van der Waals surface area (Å²) in [5.41, 5.74) is 4.02. The third-order valence-corrected chi connectivity index (χ3v) is 8.25. The first-order valence-corrected chi connectivity index (χ1v) is 13.0. The van der Waals surface area contributed by atoms with Gasteiger partial charge in [-0.3, -0.25) is 9.59 Å². The molecule has 7 nitrogen and oxygen atoms in total. The molecule has 1 unspecified atom stereocenters. The smallest absolute Gasteiger partial charge is 0.242 e. The van der Waals surface area contributed by atoms with Crippen molar-refractivity contribution in [2.75, 3.05) is 20.3 Å². The molecule has 37 heavy (non-hydrogen) atoms. The number of benzene rings is 2. The molecule has 3 atom stereocenters. The lowest BCUT2D eigenvalue weighted by molar-refractivity contribution is -0.132. The second-order valence-corrected chi connectivity index (χ2v) is 10.9. The van der Waals surface area contributed by atoms with Crippen LogP contribution < -0.4 is 10.6 Å². The molecule has 3 N–H and O–H groups in total. The minimum absolute atomic E-state index is 0.153. The quantitative estimate of drug-likeness (QED) is 0.410. The number of amides is 2. The molecule has 2 aliphatic carbocycles. The van der Waals surface area contributed by atoms with Crippen LogP contribution in [0.5, 0.6) is 0 Å². The Kier molecular flexibility index (Phi) is 6.56. The maximum Gasteiger partial charge on any atom is 0.242 e. The summed E-state index contributed by atoms with van der Waals surface area (Å²) >= 11 is 0. The number of H-pyrrole nitrogens is 1. The van der Waals surface area contributed by atoms with Crippen LogP contribution in [0.3, 0.4) is 0 Å². The molecular weight excluding hydrogens is 471 g/mol. The largest absolute Gasteiger partial charge is 0.383 e. The maximum atomic E-state index is 14.1. The van der Waals surface area contributed by atoms with Crippen molar-refractivity contribution in [1.29, 1.82) is 0 Å². The Hall–Kier alpha value is -3.26. The zero-order valence-corrected chi connectivity index (χ0v) is 21.9. The van der Waals surface area contributed by atoms with E-state index >= 15 is 0 Å². The maximum absolute atomic E-state index is 14.1. The van der Waals surface area contributed by atoms with E-state index in [0.717, 1.165) is 53.7 Å². The Bertz CT molecular complexity index is 1350. The van der Waals surface area contributed by atoms with Gasteiger partial charge in [-0.25, -0.2) is 9.37 Å². The molecule has 1 spiro atoms. The fourth-order valence-corrected chi connectivity index (χ4v) is 5.91. The molecule has 0 radical (unpaired) electrons. The van der Waals surface area contributed by atoms with Gasteiger partial charge in [0.2, 0.25) is 11.8 Å². The van der Waals surface area contributed by atoms with Gasteiger partial charge in [0.1, 0.15) is 17.7 Å². The van der Waals surface area contributed by atoms with Gasteiger partial charge in [0.15, 0.2) is 0 Å². The molecule has 2 aliphatic rings. The summed E-state index contributed by atoms with van der Waals surface area (Å²) in [6, 6.07) is 10.3. The number of hydrogen-bond donors (Lipinski definition) is 3. The summed E-state index contributed by atoms with van der Waals surface area (Å²) in [5.74, 6) is 0.410. The minimum atomic E-state index is -1.01. The first-order valence-electron chi connectivity index (χ1n) is 13.0. The van der Waals surface area contributed by atoms with E-state index in [1.165, 1.54) is 5.56 Å². The standard InChI is InChI=1S/C29H35FN4O3/c1-5-31-26(35)17(2)32-27(36)28(3,16-37-4)19-7-9-23-24(12-19)34-25(33-23)14-22-21-13-20(30)8-6-18(21)15-29(22)10-11-29/h6-9,12-13,17,22H,5,10-11,14-16H2,1-4H3,(H,31,35)(H,32,36)(H,33,34)/t17-,22+,28?/m1/s1. The number of hydrogen-bond acceptors (Lipinski definition) is 4. The van der Waals surface area contributed by atoms with Crippen molar-refractivity contribution in [2.24, 2.45) is 5.41 Å². The molecule has 1 fully saturated rings. The number of carbonyl (C=O) groups is 2. The number of methoxy groups -OCH3 is 1. The molecule has 0 bridgehead atoms. The molecule has 0 aliphatic heterocycles. The molecule has 1 saturated carbocycles. The Morgan fingerprint density at radius 1 is 1.27 bits per heavy atom. The molecule has 8 heteroatoms. The van der Waals surface area contributed by atoms with Crippen LogP contribution >= 0.6 is 0 Å². The lowest BCUT2D eigenvalue weighted by Crippen LogP contribution is -2.52. The number of rotatable bonds is 9. The summed E-state index contributed by atoms with van der Waals surface area (Å²) in [4.78, 5) is 33.8. The predicted molar refractivity (Wildman–Crippen MR) is 140 cm³/mol. The van der Waals surface area contributed by atoms with Crippen LogP contribution in [-0.2, 0) is 32.6 Å². The molecule has 0 saturated heterocycles. The van der Waals surface area contributed by atoms with E-state index in [1.807, 2.05) is 38.1 Å². The first kappa shape index (κ1) is 25.4. The van der Waals surface area contributed by atoms with Crippen molar-refractivity contribution in [3.05, 3.63) is 64.7 Å². The topological polar surface area (TPSA) is 96.1 Å². The number of carbonyl (C=O) groups excluding carboxylic acids is 2. The average molecular weight is 507 g/mol. The lowest BCUT2D eigenvalue weighted by atomic mass is 9.81. The van der Waals surface area contributed by atoms with Crippen LogP contribution in [0.1, 0.15) is 62.0 Å². The Balaban J connectivity index is 1.40. The summed E-state index contributed by atoms with van der Waals surface area (Å²) in [6.45, 7) is 5.97. The van der Waals surface area contributed by atoms with Gasteiger partial charge in [-0.05, 0) is 92.3 Å². The minimum Gasteiger partial charge on any atom is -0.383 e.